The molecule has 6 aromatic rings. The SMILES string of the molecule is O=S(=O)(O)c1cc(Nc2nc(NCCCO)nc(Nc3ccccc3)n2)ccc1C=Cc1ccc(Nc2nc(NCCCO)nc(Nc3ccccc3)n2)cc1S(=O)(=O)O. The minimum absolute atomic E-state index is 0.0148. The summed E-state index contributed by atoms with van der Waals surface area (Å²) in [5, 5.41) is 36.4. The van der Waals surface area contributed by atoms with Crippen molar-refractivity contribution in [3.8, 4) is 0 Å². The summed E-state index contributed by atoms with van der Waals surface area (Å²) in [5.41, 5.74) is 1.66. The number of aromatic nitrogens is 6. The Balaban J connectivity index is 1.26. The Morgan fingerprint density at radius 3 is 1.12 bits per heavy atom. The van der Waals surface area contributed by atoms with E-state index in [9.17, 15) is 36.2 Å². The van der Waals surface area contributed by atoms with Crippen molar-refractivity contribution in [2.45, 2.75) is 22.6 Å². The molecule has 312 valence electrons. The van der Waals surface area contributed by atoms with Crippen LogP contribution in [0.25, 0.3) is 12.2 Å². The molecule has 0 radical (unpaired) electrons. The van der Waals surface area contributed by atoms with E-state index in [0.29, 0.717) is 37.3 Å². The first-order chi connectivity index (χ1) is 28.9. The summed E-state index contributed by atoms with van der Waals surface area (Å²) in [4.78, 5) is 25.1. The Morgan fingerprint density at radius 2 is 0.783 bits per heavy atom. The fourth-order valence-electron chi connectivity index (χ4n) is 5.38. The number of nitrogens with one attached hydrogen (secondary N) is 6. The van der Waals surface area contributed by atoms with Gasteiger partial charge in [0.25, 0.3) is 20.2 Å². The number of para-hydroxylation sites is 2. The van der Waals surface area contributed by atoms with Gasteiger partial charge in [-0.1, -0.05) is 60.7 Å². The Kier molecular flexibility index (Phi) is 14.1. The van der Waals surface area contributed by atoms with Gasteiger partial charge in [0.15, 0.2) is 0 Å². The van der Waals surface area contributed by atoms with Crippen molar-refractivity contribution >= 4 is 90.8 Å². The van der Waals surface area contributed by atoms with Gasteiger partial charge in [0.05, 0.1) is 0 Å². The van der Waals surface area contributed by atoms with Gasteiger partial charge in [-0.15, -0.1) is 0 Å². The zero-order chi connectivity index (χ0) is 42.5. The van der Waals surface area contributed by atoms with E-state index in [2.05, 4.69) is 61.8 Å². The van der Waals surface area contributed by atoms with E-state index < -0.39 is 30.0 Å². The van der Waals surface area contributed by atoms with Gasteiger partial charge in [-0.3, -0.25) is 9.11 Å². The highest BCUT2D eigenvalue weighted by atomic mass is 32.2. The third-order valence-electron chi connectivity index (χ3n) is 8.10. The van der Waals surface area contributed by atoms with Gasteiger partial charge < -0.3 is 42.1 Å². The molecule has 0 saturated carbocycles. The quantitative estimate of drug-likeness (QED) is 0.0265. The molecule has 20 nitrogen and oxygen atoms in total. The molecule has 0 aliphatic rings. The van der Waals surface area contributed by atoms with Crippen LogP contribution in [-0.2, 0) is 20.2 Å². The lowest BCUT2D eigenvalue weighted by atomic mass is 10.1. The van der Waals surface area contributed by atoms with Crippen LogP contribution in [0.5, 0.6) is 0 Å². The lowest BCUT2D eigenvalue weighted by Crippen LogP contribution is -2.11. The maximum atomic E-state index is 12.6. The number of benzene rings is 4. The summed E-state index contributed by atoms with van der Waals surface area (Å²) < 4.78 is 71.0. The molecular formula is C38H40N12O8S2. The van der Waals surface area contributed by atoms with Crippen molar-refractivity contribution in [2.75, 3.05) is 58.2 Å². The van der Waals surface area contributed by atoms with Crippen LogP contribution in [0.15, 0.2) is 107 Å². The predicted octanol–water partition coefficient (Wildman–Crippen LogP) is 5.28. The average Bonchev–Trinajstić information content (AvgIpc) is 3.21. The summed E-state index contributed by atoms with van der Waals surface area (Å²) in [6.07, 6.45) is 3.37. The minimum atomic E-state index is -4.85. The minimum Gasteiger partial charge on any atom is -0.396 e. The molecule has 0 spiro atoms. The van der Waals surface area contributed by atoms with E-state index >= 15 is 0 Å². The number of nitrogens with zero attached hydrogens (tertiary/aromatic N) is 6. The van der Waals surface area contributed by atoms with Crippen LogP contribution in [-0.4, -0.2) is 92.4 Å². The molecule has 0 fully saturated rings. The number of hydrogen-bond acceptors (Lipinski definition) is 18. The largest absolute Gasteiger partial charge is 0.396 e. The molecule has 0 aliphatic heterocycles. The topological polar surface area (TPSA) is 299 Å². The fourth-order valence-corrected chi connectivity index (χ4v) is 6.80. The van der Waals surface area contributed by atoms with Gasteiger partial charge in [0.2, 0.25) is 35.7 Å². The highest BCUT2D eigenvalue weighted by Gasteiger charge is 2.19. The Hall–Kier alpha value is -6.82. The van der Waals surface area contributed by atoms with Gasteiger partial charge in [0, 0.05) is 49.1 Å². The van der Waals surface area contributed by atoms with Crippen LogP contribution in [0.1, 0.15) is 24.0 Å². The summed E-state index contributed by atoms with van der Waals surface area (Å²) in [6.45, 7) is 0.602. The maximum absolute atomic E-state index is 12.6. The van der Waals surface area contributed by atoms with Crippen molar-refractivity contribution in [3.63, 3.8) is 0 Å². The van der Waals surface area contributed by atoms with Crippen molar-refractivity contribution in [1.29, 1.82) is 0 Å². The smallest absolute Gasteiger partial charge is 0.295 e. The summed E-state index contributed by atoms with van der Waals surface area (Å²) in [6, 6.07) is 26.2. The van der Waals surface area contributed by atoms with Crippen molar-refractivity contribution in [3.05, 3.63) is 108 Å². The number of hydrogen-bond donors (Lipinski definition) is 10. The first-order valence-electron chi connectivity index (χ1n) is 18.2. The van der Waals surface area contributed by atoms with E-state index in [-0.39, 0.29) is 71.4 Å². The average molecular weight is 857 g/mol. The van der Waals surface area contributed by atoms with Crippen LogP contribution in [0.3, 0.4) is 0 Å². The second kappa shape index (κ2) is 19.8. The van der Waals surface area contributed by atoms with Gasteiger partial charge >= 0.3 is 0 Å². The highest BCUT2D eigenvalue weighted by Crippen LogP contribution is 2.29. The van der Waals surface area contributed by atoms with Gasteiger partial charge in [-0.05, 0) is 72.5 Å². The summed E-state index contributed by atoms with van der Waals surface area (Å²) >= 11 is 0. The monoisotopic (exact) mass is 856 g/mol. The molecule has 0 amide bonds. The van der Waals surface area contributed by atoms with E-state index in [0.717, 1.165) is 12.1 Å². The Bertz CT molecular complexity index is 2480. The molecule has 2 aromatic heterocycles. The Morgan fingerprint density at radius 1 is 0.450 bits per heavy atom. The lowest BCUT2D eigenvalue weighted by molar-refractivity contribution is 0.292. The summed E-state index contributed by atoms with van der Waals surface area (Å²) in [5.74, 6) is 0.675. The predicted molar refractivity (Wildman–Crippen MR) is 227 cm³/mol. The van der Waals surface area contributed by atoms with Crippen LogP contribution in [0.2, 0.25) is 0 Å². The second-order valence-electron chi connectivity index (χ2n) is 12.6. The van der Waals surface area contributed by atoms with E-state index in [4.69, 9.17) is 0 Å². The van der Waals surface area contributed by atoms with Crippen molar-refractivity contribution in [2.24, 2.45) is 0 Å². The third-order valence-corrected chi connectivity index (χ3v) is 9.92. The normalized spacial score (nSPS) is 11.6. The molecule has 0 atom stereocenters. The second-order valence-corrected chi connectivity index (χ2v) is 15.4. The third kappa shape index (κ3) is 12.3. The van der Waals surface area contributed by atoms with Crippen LogP contribution < -0.4 is 31.9 Å². The van der Waals surface area contributed by atoms with E-state index in [1.165, 1.54) is 36.4 Å². The molecule has 4 aromatic carbocycles. The van der Waals surface area contributed by atoms with Crippen LogP contribution in [0.4, 0.5) is 58.4 Å². The molecule has 6 rings (SSSR count). The first-order valence-corrected chi connectivity index (χ1v) is 21.1. The molecule has 60 heavy (non-hydrogen) atoms. The Labute approximate surface area is 344 Å². The summed E-state index contributed by atoms with van der Waals surface area (Å²) in [7, 11) is -9.70. The standard InChI is InChI=1S/C38H40N12O8S2/c51-21-7-19-39-33-45-35(41-27-9-3-1-4-10-27)49-37(47-33)43-29-17-15-25(31(23-29)59(53,54)55)13-14-26-16-18-30(24-32(26)60(56,57)58)44-38-48-34(40-20-8-22-52)46-36(50-38)42-28-11-5-2-6-12-28/h1-6,9-18,23-24,51-52H,7-8,19-22H2,(H,53,54,55)(H,56,57,58)(H3,39,41,43,45,47,49)(H3,40,42,44,46,48,50). The van der Waals surface area contributed by atoms with Crippen LogP contribution >= 0.6 is 0 Å². The lowest BCUT2D eigenvalue weighted by Gasteiger charge is -2.13. The number of rotatable bonds is 20. The van der Waals surface area contributed by atoms with Gasteiger partial charge in [-0.25, -0.2) is 0 Å². The molecular weight excluding hydrogens is 817 g/mol. The van der Waals surface area contributed by atoms with Crippen molar-refractivity contribution < 1.29 is 36.2 Å². The highest BCUT2D eigenvalue weighted by molar-refractivity contribution is 7.86. The number of anilines is 10. The van der Waals surface area contributed by atoms with Gasteiger partial charge in [-0.2, -0.15) is 46.7 Å². The molecule has 0 unspecified atom stereocenters. The number of aliphatic hydroxyl groups is 2. The maximum Gasteiger partial charge on any atom is 0.295 e. The molecule has 0 aliphatic carbocycles. The molecule has 22 heteroatoms. The van der Waals surface area contributed by atoms with E-state index in [1.54, 1.807) is 24.3 Å². The van der Waals surface area contributed by atoms with Gasteiger partial charge in [0.1, 0.15) is 9.79 Å². The zero-order valence-corrected chi connectivity index (χ0v) is 33.2. The number of aliphatic hydroxyl groups excluding tert-OH is 2. The molecule has 0 saturated heterocycles. The fraction of sp³-hybridized carbons (Fsp3) is 0.158. The molecule has 0 bridgehead atoms. The molecule has 2 heterocycles. The van der Waals surface area contributed by atoms with Crippen molar-refractivity contribution in [1.82, 2.24) is 29.9 Å². The van der Waals surface area contributed by atoms with E-state index in [1.807, 2.05) is 36.4 Å². The van der Waals surface area contributed by atoms with Crippen LogP contribution in [0, 0.1) is 0 Å². The zero-order valence-electron chi connectivity index (χ0n) is 31.6. The molecule has 10 N–H and O–H groups in total. The first kappa shape index (κ1) is 42.8.